The van der Waals surface area contributed by atoms with Gasteiger partial charge in [-0.3, -0.25) is 4.79 Å². The van der Waals surface area contributed by atoms with E-state index in [-0.39, 0.29) is 23.8 Å². The molecule has 1 aliphatic rings. The average molecular weight is 432 g/mol. The van der Waals surface area contributed by atoms with Gasteiger partial charge in [-0.15, -0.1) is 5.10 Å². The van der Waals surface area contributed by atoms with E-state index in [9.17, 15) is 13.6 Å². The number of rotatable bonds is 3. The van der Waals surface area contributed by atoms with E-state index < -0.39 is 17.6 Å². The van der Waals surface area contributed by atoms with Gasteiger partial charge in [0.05, 0.1) is 17.6 Å². The van der Waals surface area contributed by atoms with Crippen molar-refractivity contribution in [3.63, 3.8) is 0 Å². The second-order valence-corrected chi connectivity index (χ2v) is 7.74. The highest BCUT2D eigenvalue weighted by molar-refractivity contribution is 5.95. The smallest absolute Gasteiger partial charge is 0.272 e. The van der Waals surface area contributed by atoms with Crippen molar-refractivity contribution in [2.45, 2.75) is 26.2 Å². The minimum atomic E-state index is -0.706. The second-order valence-electron chi connectivity index (χ2n) is 7.74. The zero-order valence-electron chi connectivity index (χ0n) is 17.3. The lowest BCUT2D eigenvalue weighted by Crippen LogP contribution is -2.25. The lowest BCUT2D eigenvalue weighted by atomic mass is 9.85. The van der Waals surface area contributed by atoms with Crippen molar-refractivity contribution in [1.82, 2.24) is 25.0 Å². The summed E-state index contributed by atoms with van der Waals surface area (Å²) in [6.07, 6.45) is 1.57. The number of aryl methyl sites for hydroxylation is 2. The molecule has 32 heavy (non-hydrogen) atoms. The summed E-state index contributed by atoms with van der Waals surface area (Å²) in [7, 11) is 0. The first kappa shape index (κ1) is 19.9. The van der Waals surface area contributed by atoms with Gasteiger partial charge >= 0.3 is 0 Å². The predicted molar refractivity (Wildman–Crippen MR) is 113 cm³/mol. The van der Waals surface area contributed by atoms with Crippen LogP contribution in [0.3, 0.4) is 0 Å². The lowest BCUT2D eigenvalue weighted by Gasteiger charge is -2.24. The largest absolute Gasteiger partial charge is 0.310 e. The summed E-state index contributed by atoms with van der Waals surface area (Å²) in [6, 6.07) is 11.2. The molecule has 1 unspecified atom stereocenters. The Morgan fingerprint density at radius 2 is 1.88 bits per heavy atom. The third kappa shape index (κ3) is 3.41. The number of halogens is 2. The molecule has 2 aromatic carbocycles. The van der Waals surface area contributed by atoms with E-state index >= 15 is 0 Å². The van der Waals surface area contributed by atoms with Gasteiger partial charge in [-0.05, 0) is 25.5 Å². The van der Waals surface area contributed by atoms with Crippen molar-refractivity contribution in [3.8, 4) is 17.2 Å². The van der Waals surface area contributed by atoms with Gasteiger partial charge in [-0.1, -0.05) is 35.9 Å². The maximum absolute atomic E-state index is 14.6. The number of benzene rings is 2. The topological polar surface area (TPSA) is 85.6 Å². The van der Waals surface area contributed by atoms with Gasteiger partial charge in [0, 0.05) is 29.5 Å². The second kappa shape index (κ2) is 7.60. The number of hydrogen-bond acceptors (Lipinski definition) is 5. The Labute approximate surface area is 182 Å². The Hall–Kier alpha value is -4.01. The van der Waals surface area contributed by atoms with E-state index in [0.717, 1.165) is 17.2 Å². The number of nitrogens with zero attached hydrogens (tertiary/aromatic N) is 5. The van der Waals surface area contributed by atoms with Gasteiger partial charge < -0.3 is 5.32 Å². The van der Waals surface area contributed by atoms with Crippen LogP contribution in [-0.4, -0.2) is 30.9 Å². The van der Waals surface area contributed by atoms with Crippen molar-refractivity contribution >= 4 is 11.7 Å². The summed E-state index contributed by atoms with van der Waals surface area (Å²) in [6.45, 7) is 3.76. The fraction of sp³-hybridized carbons (Fsp3) is 0.174. The van der Waals surface area contributed by atoms with Crippen LogP contribution in [0.4, 0.5) is 14.6 Å². The molecular weight excluding hydrogens is 414 g/mol. The minimum absolute atomic E-state index is 0.0185. The van der Waals surface area contributed by atoms with Gasteiger partial charge in [-0.2, -0.15) is 14.9 Å². The van der Waals surface area contributed by atoms with Crippen molar-refractivity contribution < 1.29 is 13.6 Å². The van der Waals surface area contributed by atoms with Crippen LogP contribution in [0.15, 0.2) is 48.7 Å². The molecular formula is C23H18F2N6O. The fourth-order valence-corrected chi connectivity index (χ4v) is 3.99. The molecule has 0 saturated heterocycles. The summed E-state index contributed by atoms with van der Waals surface area (Å²) in [5.74, 6) is -1.77. The molecule has 0 spiro atoms. The molecule has 160 valence electrons. The van der Waals surface area contributed by atoms with Crippen molar-refractivity contribution in [2.24, 2.45) is 0 Å². The summed E-state index contributed by atoms with van der Waals surface area (Å²) in [5, 5.41) is 15.5. The Kier molecular flexibility index (Phi) is 4.73. The minimum Gasteiger partial charge on any atom is -0.310 e. The fourth-order valence-electron chi connectivity index (χ4n) is 3.99. The van der Waals surface area contributed by atoms with Gasteiger partial charge in [0.15, 0.2) is 0 Å². The number of fused-ring (bicyclic) bond motifs is 1. The van der Waals surface area contributed by atoms with Crippen molar-refractivity contribution in [3.05, 3.63) is 82.7 Å². The Morgan fingerprint density at radius 1 is 1.09 bits per heavy atom. The normalized spacial score (nSPS) is 15.4. The molecule has 0 radical (unpaired) electrons. The van der Waals surface area contributed by atoms with Crippen LogP contribution in [-0.2, 0) is 4.79 Å². The molecule has 3 heterocycles. The van der Waals surface area contributed by atoms with E-state index in [0.29, 0.717) is 22.8 Å². The van der Waals surface area contributed by atoms with E-state index in [4.69, 9.17) is 0 Å². The molecule has 5 rings (SSSR count). The average Bonchev–Trinajstić information content (AvgIpc) is 3.10. The Bertz CT molecular complexity index is 1350. The molecule has 0 saturated carbocycles. The molecule has 0 aliphatic carbocycles. The van der Waals surface area contributed by atoms with Gasteiger partial charge in [0.25, 0.3) is 5.95 Å². The van der Waals surface area contributed by atoms with Gasteiger partial charge in [0.1, 0.15) is 17.5 Å². The summed E-state index contributed by atoms with van der Waals surface area (Å²) in [5.41, 5.74) is 4.03. The zero-order valence-corrected chi connectivity index (χ0v) is 17.3. The van der Waals surface area contributed by atoms with Crippen LogP contribution < -0.4 is 5.32 Å². The van der Waals surface area contributed by atoms with Crippen LogP contribution >= 0.6 is 0 Å². The maximum Gasteiger partial charge on any atom is 0.272 e. The number of carbonyl (C=O) groups is 1. The number of amides is 1. The van der Waals surface area contributed by atoms with Crippen LogP contribution in [0.25, 0.3) is 17.2 Å². The molecule has 1 aliphatic heterocycles. The first-order valence-electron chi connectivity index (χ1n) is 10.0. The maximum atomic E-state index is 14.6. The number of hydrogen-bond donors (Lipinski definition) is 1. The van der Waals surface area contributed by atoms with Crippen LogP contribution in [0, 0.1) is 25.5 Å². The lowest BCUT2D eigenvalue weighted by molar-refractivity contribution is -0.116. The molecule has 9 heteroatoms. The highest BCUT2D eigenvalue weighted by Gasteiger charge is 2.34. The molecule has 1 N–H and O–H groups in total. The van der Waals surface area contributed by atoms with Crippen molar-refractivity contribution in [2.75, 3.05) is 5.32 Å². The van der Waals surface area contributed by atoms with E-state index in [1.54, 1.807) is 13.1 Å². The molecule has 7 nitrogen and oxygen atoms in total. The van der Waals surface area contributed by atoms with Gasteiger partial charge in [0.2, 0.25) is 5.91 Å². The molecule has 1 atom stereocenters. The molecule has 2 aromatic heterocycles. The predicted octanol–water partition coefficient (Wildman–Crippen LogP) is 4.09. The quantitative estimate of drug-likeness (QED) is 0.527. The Balaban J connectivity index is 1.62. The first-order valence-corrected chi connectivity index (χ1v) is 10.0. The molecule has 0 fully saturated rings. The number of nitrogens with one attached hydrogen (secondary N) is 1. The number of anilines is 1. The molecule has 0 bridgehead atoms. The number of carbonyl (C=O) groups excluding carboxylic acids is 1. The van der Waals surface area contributed by atoms with Crippen LogP contribution in [0.1, 0.15) is 34.7 Å². The first-order chi connectivity index (χ1) is 15.4. The van der Waals surface area contributed by atoms with Gasteiger partial charge in [-0.25, -0.2) is 13.8 Å². The molecule has 4 aromatic rings. The molecule has 1 amide bonds. The highest BCUT2D eigenvalue weighted by Crippen LogP contribution is 2.40. The summed E-state index contributed by atoms with van der Waals surface area (Å²) in [4.78, 5) is 17.1. The van der Waals surface area contributed by atoms with E-state index in [2.05, 4.69) is 25.6 Å². The summed E-state index contributed by atoms with van der Waals surface area (Å²) < 4.78 is 29.4. The van der Waals surface area contributed by atoms with E-state index in [1.807, 2.05) is 31.2 Å². The zero-order chi connectivity index (χ0) is 22.4. The van der Waals surface area contributed by atoms with Crippen LogP contribution in [0.2, 0.25) is 0 Å². The Morgan fingerprint density at radius 3 is 2.62 bits per heavy atom. The highest BCUT2D eigenvalue weighted by atomic mass is 19.1. The number of aromatic nitrogens is 5. The third-order valence-electron chi connectivity index (χ3n) is 5.52. The van der Waals surface area contributed by atoms with Crippen molar-refractivity contribution in [1.29, 1.82) is 0 Å². The SMILES string of the molecule is Cc1ccc(-c2cnnc(-n3nc(C)c4c3NC(=O)CC4c3ccc(F)cc3F)n2)cc1. The monoisotopic (exact) mass is 432 g/mol. The van der Waals surface area contributed by atoms with E-state index in [1.165, 1.54) is 16.8 Å². The third-order valence-corrected chi connectivity index (χ3v) is 5.52. The standard InChI is InChI=1S/C23H18F2N6O/c1-12-3-5-14(6-4-12)19-11-26-29-23(27-19)31-22-21(13(2)30-31)17(10-20(32)28-22)16-8-7-15(24)9-18(16)25/h3-9,11,17H,10H2,1-2H3,(H,28,32). The summed E-state index contributed by atoms with van der Waals surface area (Å²) >= 11 is 0. The van der Waals surface area contributed by atoms with Crippen LogP contribution in [0.5, 0.6) is 0 Å².